The van der Waals surface area contributed by atoms with Gasteiger partial charge in [-0.3, -0.25) is 0 Å². The number of ether oxygens (including phenoxy) is 1. The Morgan fingerprint density at radius 1 is 1.10 bits per heavy atom. The second-order valence-electron chi connectivity index (χ2n) is 4.96. The molecule has 4 nitrogen and oxygen atoms in total. The minimum absolute atomic E-state index is 0.874. The summed E-state index contributed by atoms with van der Waals surface area (Å²) in [4.78, 5) is 9.12. The largest absolute Gasteiger partial charge is 0.497 e. The van der Waals surface area contributed by atoms with E-state index in [1.807, 2.05) is 20.2 Å². The van der Waals surface area contributed by atoms with Crippen LogP contribution in [0.3, 0.4) is 0 Å². The standard InChI is InChI=1S/C16H23N3O/c1-6-19(7-2)15-11-12-10-13(20-5)8-9-14(12)16(17-15)18(3)4/h8-11H,6-7H2,1-5H3. The first-order valence-corrected chi connectivity index (χ1v) is 7.01. The van der Waals surface area contributed by atoms with Crippen LogP contribution in [-0.2, 0) is 0 Å². The molecule has 108 valence electrons. The van der Waals surface area contributed by atoms with Crippen LogP contribution in [0.25, 0.3) is 10.8 Å². The minimum atomic E-state index is 0.874. The van der Waals surface area contributed by atoms with E-state index < -0.39 is 0 Å². The summed E-state index contributed by atoms with van der Waals surface area (Å²) in [6.45, 7) is 6.20. The first-order chi connectivity index (χ1) is 9.60. The molecule has 0 fully saturated rings. The number of hydrogen-bond donors (Lipinski definition) is 0. The van der Waals surface area contributed by atoms with Crippen molar-refractivity contribution in [1.82, 2.24) is 4.98 Å². The molecule has 0 radical (unpaired) electrons. The van der Waals surface area contributed by atoms with Crippen molar-refractivity contribution in [3.8, 4) is 5.75 Å². The smallest absolute Gasteiger partial charge is 0.138 e. The van der Waals surface area contributed by atoms with Crippen LogP contribution in [0.5, 0.6) is 5.75 Å². The number of aromatic nitrogens is 1. The van der Waals surface area contributed by atoms with Crippen LogP contribution >= 0.6 is 0 Å². The lowest BCUT2D eigenvalue weighted by atomic mass is 10.1. The maximum Gasteiger partial charge on any atom is 0.138 e. The Labute approximate surface area is 121 Å². The molecule has 1 heterocycles. The van der Waals surface area contributed by atoms with Crippen LogP contribution in [0.2, 0.25) is 0 Å². The predicted molar refractivity (Wildman–Crippen MR) is 86.2 cm³/mol. The molecule has 0 bridgehead atoms. The van der Waals surface area contributed by atoms with Crippen molar-refractivity contribution in [2.45, 2.75) is 13.8 Å². The second-order valence-corrected chi connectivity index (χ2v) is 4.96. The highest BCUT2D eigenvalue weighted by atomic mass is 16.5. The lowest BCUT2D eigenvalue weighted by Crippen LogP contribution is -2.24. The minimum Gasteiger partial charge on any atom is -0.497 e. The molecule has 0 N–H and O–H groups in total. The molecule has 0 aliphatic carbocycles. The van der Waals surface area contributed by atoms with Gasteiger partial charge in [0.05, 0.1) is 7.11 Å². The summed E-state index contributed by atoms with van der Waals surface area (Å²) >= 11 is 0. The Balaban J connectivity index is 2.66. The lowest BCUT2D eigenvalue weighted by molar-refractivity contribution is 0.415. The number of rotatable bonds is 5. The summed E-state index contributed by atoms with van der Waals surface area (Å²) in [6.07, 6.45) is 0. The average Bonchev–Trinajstić information content (AvgIpc) is 2.46. The summed E-state index contributed by atoms with van der Waals surface area (Å²) in [6, 6.07) is 8.26. The predicted octanol–water partition coefficient (Wildman–Crippen LogP) is 3.16. The molecule has 0 spiro atoms. The van der Waals surface area contributed by atoms with Crippen molar-refractivity contribution in [2.75, 3.05) is 44.1 Å². The molecule has 0 aliphatic rings. The van der Waals surface area contributed by atoms with Gasteiger partial charge in [-0.1, -0.05) is 0 Å². The van der Waals surface area contributed by atoms with Gasteiger partial charge in [0.15, 0.2) is 0 Å². The van der Waals surface area contributed by atoms with Gasteiger partial charge in [0, 0.05) is 32.6 Å². The van der Waals surface area contributed by atoms with Crippen LogP contribution in [0.15, 0.2) is 24.3 Å². The zero-order valence-corrected chi connectivity index (χ0v) is 13.0. The fraction of sp³-hybridized carbons (Fsp3) is 0.438. The van der Waals surface area contributed by atoms with E-state index >= 15 is 0 Å². The molecule has 0 aliphatic heterocycles. The number of anilines is 2. The lowest BCUT2D eigenvalue weighted by Gasteiger charge is -2.23. The van der Waals surface area contributed by atoms with E-state index in [0.29, 0.717) is 0 Å². The zero-order chi connectivity index (χ0) is 14.7. The maximum atomic E-state index is 5.33. The second kappa shape index (κ2) is 5.99. The summed E-state index contributed by atoms with van der Waals surface area (Å²) in [5, 5.41) is 2.30. The van der Waals surface area contributed by atoms with E-state index in [0.717, 1.165) is 41.2 Å². The van der Waals surface area contributed by atoms with Gasteiger partial charge in [0.2, 0.25) is 0 Å². The topological polar surface area (TPSA) is 28.6 Å². The first kappa shape index (κ1) is 14.4. The number of nitrogens with zero attached hydrogens (tertiary/aromatic N) is 3. The fourth-order valence-corrected chi connectivity index (χ4v) is 2.38. The van der Waals surface area contributed by atoms with Crippen molar-refractivity contribution in [2.24, 2.45) is 0 Å². The normalized spacial score (nSPS) is 10.7. The first-order valence-electron chi connectivity index (χ1n) is 7.01. The van der Waals surface area contributed by atoms with Gasteiger partial charge in [-0.25, -0.2) is 4.98 Å². The number of benzene rings is 1. The summed E-state index contributed by atoms with van der Waals surface area (Å²) in [7, 11) is 5.75. The van der Waals surface area contributed by atoms with Gasteiger partial charge in [-0.15, -0.1) is 0 Å². The highest BCUT2D eigenvalue weighted by Gasteiger charge is 2.11. The average molecular weight is 273 g/mol. The molecule has 1 aromatic carbocycles. The zero-order valence-electron chi connectivity index (χ0n) is 13.0. The molecule has 2 rings (SSSR count). The van der Waals surface area contributed by atoms with Gasteiger partial charge in [-0.05, 0) is 43.5 Å². The van der Waals surface area contributed by atoms with Crippen molar-refractivity contribution in [3.05, 3.63) is 24.3 Å². The Hall–Kier alpha value is -1.97. The summed E-state index contributed by atoms with van der Waals surface area (Å²) in [5.74, 6) is 2.88. The van der Waals surface area contributed by atoms with Crippen molar-refractivity contribution in [3.63, 3.8) is 0 Å². The van der Waals surface area contributed by atoms with E-state index in [-0.39, 0.29) is 0 Å². The van der Waals surface area contributed by atoms with Crippen molar-refractivity contribution < 1.29 is 4.74 Å². The third-order valence-electron chi connectivity index (χ3n) is 3.52. The molecule has 4 heteroatoms. The molecule has 1 aromatic heterocycles. The van der Waals surface area contributed by atoms with Gasteiger partial charge in [0.1, 0.15) is 17.4 Å². The molecule has 0 atom stereocenters. The van der Waals surface area contributed by atoms with E-state index in [4.69, 9.17) is 9.72 Å². The Bertz CT molecular complexity index is 592. The molecule has 0 saturated carbocycles. The third kappa shape index (κ3) is 2.64. The molecule has 2 aromatic rings. The maximum absolute atomic E-state index is 5.33. The molecule has 0 unspecified atom stereocenters. The number of methoxy groups -OCH3 is 1. The van der Waals surface area contributed by atoms with E-state index in [1.165, 1.54) is 0 Å². The fourth-order valence-electron chi connectivity index (χ4n) is 2.38. The van der Waals surface area contributed by atoms with Gasteiger partial charge in [0.25, 0.3) is 0 Å². The summed E-state index contributed by atoms with van der Waals surface area (Å²) < 4.78 is 5.33. The number of hydrogen-bond acceptors (Lipinski definition) is 4. The SMILES string of the molecule is CCN(CC)c1cc2cc(OC)ccc2c(N(C)C)n1. The van der Waals surface area contributed by atoms with Crippen LogP contribution in [0.1, 0.15) is 13.8 Å². The Morgan fingerprint density at radius 3 is 2.35 bits per heavy atom. The molecule has 20 heavy (non-hydrogen) atoms. The quantitative estimate of drug-likeness (QED) is 0.836. The van der Waals surface area contributed by atoms with Gasteiger partial charge in [-0.2, -0.15) is 0 Å². The molecular weight excluding hydrogens is 250 g/mol. The van der Waals surface area contributed by atoms with E-state index in [1.54, 1.807) is 7.11 Å². The van der Waals surface area contributed by atoms with Crippen LogP contribution in [0, 0.1) is 0 Å². The van der Waals surface area contributed by atoms with E-state index in [9.17, 15) is 0 Å². The monoisotopic (exact) mass is 273 g/mol. The summed E-state index contributed by atoms with van der Waals surface area (Å²) in [5.41, 5.74) is 0. The Morgan fingerprint density at radius 2 is 1.80 bits per heavy atom. The van der Waals surface area contributed by atoms with Crippen LogP contribution < -0.4 is 14.5 Å². The highest BCUT2D eigenvalue weighted by molar-refractivity contribution is 5.95. The molecule has 0 amide bonds. The van der Waals surface area contributed by atoms with E-state index in [2.05, 4.69) is 41.8 Å². The number of fused-ring (bicyclic) bond motifs is 1. The van der Waals surface area contributed by atoms with Crippen LogP contribution in [-0.4, -0.2) is 39.3 Å². The Kier molecular flexibility index (Phi) is 4.32. The van der Waals surface area contributed by atoms with Gasteiger partial charge >= 0.3 is 0 Å². The molecule has 0 saturated heterocycles. The van der Waals surface area contributed by atoms with Crippen molar-refractivity contribution >= 4 is 22.4 Å². The van der Waals surface area contributed by atoms with Gasteiger partial charge < -0.3 is 14.5 Å². The molecular formula is C16H23N3O. The third-order valence-corrected chi connectivity index (χ3v) is 3.52. The van der Waals surface area contributed by atoms with Crippen LogP contribution in [0.4, 0.5) is 11.6 Å². The number of pyridine rings is 1. The van der Waals surface area contributed by atoms with Crippen molar-refractivity contribution in [1.29, 1.82) is 0 Å². The highest BCUT2D eigenvalue weighted by Crippen LogP contribution is 2.30.